The first-order valence-electron chi connectivity index (χ1n) is 7.32. The standard InChI is InChI=1S/C16H22N4O/c1-12-7-9-20(10-15(12)18)11-16(21)19-14-4-2-13(3-5-14)6-8-17/h2-5,12,15H,6-7,9-11,18H2,1H3,(H,19,21). The van der Waals surface area contributed by atoms with Crippen molar-refractivity contribution in [2.75, 3.05) is 25.0 Å². The first-order valence-corrected chi connectivity index (χ1v) is 7.32. The number of hydrogen-bond donors (Lipinski definition) is 2. The number of carbonyl (C=O) groups is 1. The zero-order valence-corrected chi connectivity index (χ0v) is 12.4. The third-order valence-corrected chi connectivity index (χ3v) is 3.99. The number of carbonyl (C=O) groups excluding carboxylic acids is 1. The largest absolute Gasteiger partial charge is 0.326 e. The van der Waals surface area contributed by atoms with Gasteiger partial charge in [-0.15, -0.1) is 0 Å². The van der Waals surface area contributed by atoms with Gasteiger partial charge in [-0.3, -0.25) is 9.69 Å². The molecule has 1 amide bonds. The van der Waals surface area contributed by atoms with Gasteiger partial charge in [0.1, 0.15) is 0 Å². The summed E-state index contributed by atoms with van der Waals surface area (Å²) in [6, 6.07) is 9.62. The summed E-state index contributed by atoms with van der Waals surface area (Å²) < 4.78 is 0. The topological polar surface area (TPSA) is 82.2 Å². The molecular formula is C16H22N4O. The van der Waals surface area contributed by atoms with Crippen LogP contribution in [0.25, 0.3) is 0 Å². The number of nitriles is 1. The highest BCUT2D eigenvalue weighted by molar-refractivity contribution is 5.92. The van der Waals surface area contributed by atoms with Crippen molar-refractivity contribution in [3.05, 3.63) is 29.8 Å². The summed E-state index contributed by atoms with van der Waals surface area (Å²) in [5.74, 6) is 0.502. The fourth-order valence-electron chi connectivity index (χ4n) is 2.51. The molecule has 112 valence electrons. The Morgan fingerprint density at radius 1 is 1.48 bits per heavy atom. The predicted octanol–water partition coefficient (Wildman–Crippen LogP) is 1.36. The van der Waals surface area contributed by atoms with Gasteiger partial charge in [0.2, 0.25) is 5.91 Å². The van der Waals surface area contributed by atoms with Crippen LogP contribution in [0.4, 0.5) is 5.69 Å². The maximum absolute atomic E-state index is 12.0. The van der Waals surface area contributed by atoms with Crippen molar-refractivity contribution in [3.8, 4) is 6.07 Å². The van der Waals surface area contributed by atoms with E-state index >= 15 is 0 Å². The summed E-state index contributed by atoms with van der Waals surface area (Å²) in [5, 5.41) is 11.5. The molecule has 0 saturated carbocycles. The molecule has 0 spiro atoms. The van der Waals surface area contributed by atoms with E-state index in [9.17, 15) is 4.79 Å². The fourth-order valence-corrected chi connectivity index (χ4v) is 2.51. The Balaban J connectivity index is 1.83. The van der Waals surface area contributed by atoms with E-state index in [-0.39, 0.29) is 11.9 Å². The first-order chi connectivity index (χ1) is 10.1. The molecule has 0 radical (unpaired) electrons. The smallest absolute Gasteiger partial charge is 0.238 e. The molecule has 0 aliphatic carbocycles. The van der Waals surface area contributed by atoms with Crippen LogP contribution in [0.5, 0.6) is 0 Å². The monoisotopic (exact) mass is 286 g/mol. The van der Waals surface area contributed by atoms with E-state index in [1.165, 1.54) is 0 Å². The lowest BCUT2D eigenvalue weighted by Crippen LogP contribution is -2.49. The number of nitrogens with two attached hydrogens (primary N) is 1. The Morgan fingerprint density at radius 3 is 2.81 bits per heavy atom. The Morgan fingerprint density at radius 2 is 2.19 bits per heavy atom. The van der Waals surface area contributed by atoms with Crippen molar-refractivity contribution >= 4 is 11.6 Å². The molecule has 1 aliphatic rings. The highest BCUT2D eigenvalue weighted by Gasteiger charge is 2.24. The van der Waals surface area contributed by atoms with Crippen molar-refractivity contribution in [1.29, 1.82) is 5.26 Å². The average molecular weight is 286 g/mol. The quantitative estimate of drug-likeness (QED) is 0.875. The van der Waals surface area contributed by atoms with Crippen molar-refractivity contribution in [1.82, 2.24) is 4.90 Å². The maximum Gasteiger partial charge on any atom is 0.238 e. The number of nitrogens with zero attached hydrogens (tertiary/aromatic N) is 2. The molecule has 0 bridgehead atoms. The minimum Gasteiger partial charge on any atom is -0.326 e. The lowest BCUT2D eigenvalue weighted by Gasteiger charge is -2.34. The van der Waals surface area contributed by atoms with Gasteiger partial charge in [0.15, 0.2) is 0 Å². The molecule has 1 aliphatic heterocycles. The second-order valence-electron chi connectivity index (χ2n) is 5.74. The van der Waals surface area contributed by atoms with Crippen LogP contribution in [0.1, 0.15) is 18.9 Å². The van der Waals surface area contributed by atoms with Crippen molar-refractivity contribution in [2.24, 2.45) is 11.7 Å². The highest BCUT2D eigenvalue weighted by atomic mass is 16.2. The first kappa shape index (κ1) is 15.5. The van der Waals surface area contributed by atoms with E-state index in [0.717, 1.165) is 30.8 Å². The Labute approximate surface area is 125 Å². The molecule has 0 aromatic heterocycles. The molecule has 5 heteroatoms. The van der Waals surface area contributed by atoms with Crippen LogP contribution in [0.3, 0.4) is 0 Å². The van der Waals surface area contributed by atoms with Gasteiger partial charge in [0.25, 0.3) is 0 Å². The van der Waals surface area contributed by atoms with Gasteiger partial charge in [0, 0.05) is 18.3 Å². The zero-order chi connectivity index (χ0) is 15.2. The van der Waals surface area contributed by atoms with Crippen LogP contribution in [0.15, 0.2) is 24.3 Å². The maximum atomic E-state index is 12.0. The minimum absolute atomic E-state index is 0.0233. The number of anilines is 1. The number of amides is 1. The summed E-state index contributed by atoms with van der Waals surface area (Å²) >= 11 is 0. The molecule has 2 rings (SSSR count). The van der Waals surface area contributed by atoms with Gasteiger partial charge in [-0.25, -0.2) is 0 Å². The molecule has 2 atom stereocenters. The van der Waals surface area contributed by atoms with E-state index in [0.29, 0.717) is 18.9 Å². The summed E-state index contributed by atoms with van der Waals surface area (Å²) in [6.45, 7) is 4.23. The summed E-state index contributed by atoms with van der Waals surface area (Å²) in [7, 11) is 0. The second kappa shape index (κ2) is 7.21. The number of nitrogens with one attached hydrogen (secondary N) is 1. The number of likely N-dealkylation sites (tertiary alicyclic amines) is 1. The highest BCUT2D eigenvalue weighted by Crippen LogP contribution is 2.15. The lowest BCUT2D eigenvalue weighted by molar-refractivity contribution is -0.117. The molecule has 5 nitrogen and oxygen atoms in total. The van der Waals surface area contributed by atoms with E-state index < -0.39 is 0 Å². The predicted molar refractivity (Wildman–Crippen MR) is 82.6 cm³/mol. The molecule has 1 fully saturated rings. The normalized spacial score (nSPS) is 22.5. The van der Waals surface area contributed by atoms with Crippen LogP contribution >= 0.6 is 0 Å². The van der Waals surface area contributed by atoms with Crippen molar-refractivity contribution in [2.45, 2.75) is 25.8 Å². The molecular weight excluding hydrogens is 264 g/mol. The molecule has 1 saturated heterocycles. The molecule has 21 heavy (non-hydrogen) atoms. The third kappa shape index (κ3) is 4.55. The van der Waals surface area contributed by atoms with Crippen LogP contribution in [-0.2, 0) is 11.2 Å². The Bertz CT molecular complexity index is 520. The number of piperidine rings is 1. The van der Waals surface area contributed by atoms with Crippen molar-refractivity contribution in [3.63, 3.8) is 0 Å². The van der Waals surface area contributed by atoms with Gasteiger partial charge in [-0.05, 0) is 36.6 Å². The summed E-state index contributed by atoms with van der Waals surface area (Å²) in [6.07, 6.45) is 1.43. The van der Waals surface area contributed by atoms with Crippen LogP contribution < -0.4 is 11.1 Å². The van der Waals surface area contributed by atoms with E-state index in [1.807, 2.05) is 24.3 Å². The number of rotatable bonds is 4. The molecule has 1 aromatic rings. The molecule has 1 heterocycles. The third-order valence-electron chi connectivity index (χ3n) is 3.99. The van der Waals surface area contributed by atoms with Crippen LogP contribution in [0, 0.1) is 17.2 Å². The minimum atomic E-state index is -0.0233. The average Bonchev–Trinajstić information content (AvgIpc) is 2.45. The van der Waals surface area contributed by atoms with Gasteiger partial charge in [-0.1, -0.05) is 19.1 Å². The lowest BCUT2D eigenvalue weighted by atomic mass is 9.94. The van der Waals surface area contributed by atoms with Crippen LogP contribution in [0.2, 0.25) is 0 Å². The van der Waals surface area contributed by atoms with Gasteiger partial charge < -0.3 is 11.1 Å². The van der Waals surface area contributed by atoms with Gasteiger partial charge in [0.05, 0.1) is 19.0 Å². The SMILES string of the molecule is CC1CCN(CC(=O)Nc2ccc(CC#N)cc2)CC1N. The molecule has 1 aromatic carbocycles. The summed E-state index contributed by atoms with van der Waals surface area (Å²) in [5.41, 5.74) is 7.75. The Hall–Kier alpha value is -1.90. The summed E-state index contributed by atoms with van der Waals surface area (Å²) in [4.78, 5) is 14.1. The second-order valence-corrected chi connectivity index (χ2v) is 5.74. The van der Waals surface area contributed by atoms with E-state index in [2.05, 4.69) is 23.2 Å². The van der Waals surface area contributed by atoms with Gasteiger partial charge in [-0.2, -0.15) is 5.26 Å². The van der Waals surface area contributed by atoms with Crippen LogP contribution in [-0.4, -0.2) is 36.5 Å². The molecule has 3 N–H and O–H groups in total. The number of hydrogen-bond acceptors (Lipinski definition) is 4. The Kier molecular flexibility index (Phi) is 5.32. The van der Waals surface area contributed by atoms with E-state index in [1.54, 1.807) is 0 Å². The van der Waals surface area contributed by atoms with Crippen molar-refractivity contribution < 1.29 is 4.79 Å². The number of benzene rings is 1. The van der Waals surface area contributed by atoms with E-state index in [4.69, 9.17) is 11.0 Å². The molecule has 2 unspecified atom stereocenters. The fraction of sp³-hybridized carbons (Fsp3) is 0.500. The zero-order valence-electron chi connectivity index (χ0n) is 12.4. The van der Waals surface area contributed by atoms with Gasteiger partial charge >= 0.3 is 0 Å².